The monoisotopic (exact) mass is 390 g/mol. The Morgan fingerprint density at radius 2 is 1.88 bits per heavy atom. The molecular formula is C15H18F2N3O5S+. The maximum Gasteiger partial charge on any atom is 0.416 e. The van der Waals surface area contributed by atoms with Crippen LogP contribution in [0.5, 0.6) is 0 Å². The van der Waals surface area contributed by atoms with Gasteiger partial charge in [-0.3, -0.25) is 4.79 Å². The number of quaternary nitrogens is 1. The van der Waals surface area contributed by atoms with Gasteiger partial charge >= 0.3 is 6.09 Å². The molecular weight excluding hydrogens is 372 g/mol. The van der Waals surface area contributed by atoms with E-state index in [0.29, 0.717) is 19.2 Å². The maximum absolute atomic E-state index is 13.8. The Morgan fingerprint density at radius 1 is 1.19 bits per heavy atom. The first kappa shape index (κ1) is 18.7. The lowest BCUT2D eigenvalue weighted by Gasteiger charge is -2.31. The van der Waals surface area contributed by atoms with Crippen LogP contribution in [0.2, 0.25) is 0 Å². The Morgan fingerprint density at radius 3 is 2.50 bits per heavy atom. The van der Waals surface area contributed by atoms with E-state index in [-0.39, 0.29) is 38.7 Å². The maximum atomic E-state index is 13.8. The number of hydrogen-bond acceptors (Lipinski definition) is 5. The van der Waals surface area contributed by atoms with Gasteiger partial charge in [-0.2, -0.15) is 4.31 Å². The summed E-state index contributed by atoms with van der Waals surface area (Å²) in [5, 5.41) is 0. The molecule has 26 heavy (non-hydrogen) atoms. The molecule has 0 saturated carbocycles. The molecule has 11 heteroatoms. The predicted octanol–water partition coefficient (Wildman–Crippen LogP) is -1.17. The van der Waals surface area contributed by atoms with Gasteiger partial charge in [0.2, 0.25) is 10.0 Å². The smallest absolute Gasteiger partial charge is 0.416 e. The number of nitrogens with zero attached hydrogens (tertiary/aromatic N) is 2. The molecule has 1 aromatic carbocycles. The van der Waals surface area contributed by atoms with Crippen LogP contribution in [0.3, 0.4) is 0 Å². The summed E-state index contributed by atoms with van der Waals surface area (Å²) >= 11 is 0. The zero-order valence-corrected chi connectivity index (χ0v) is 14.6. The zero-order chi connectivity index (χ0) is 18.9. The molecule has 0 atom stereocenters. The number of carbonyl (C=O) groups is 2. The summed E-state index contributed by atoms with van der Waals surface area (Å²) in [6.45, 7) is 1.17. The lowest BCUT2D eigenvalue weighted by molar-refractivity contribution is -0.895. The van der Waals surface area contributed by atoms with Gasteiger partial charge in [-0.1, -0.05) is 0 Å². The average Bonchev–Trinajstić information content (AvgIpc) is 3.03. The summed E-state index contributed by atoms with van der Waals surface area (Å²) in [4.78, 5) is 24.6. The third-order valence-corrected chi connectivity index (χ3v) is 6.32. The summed E-state index contributed by atoms with van der Waals surface area (Å²) in [5.74, 6) is -2.23. The molecule has 2 amide bonds. The van der Waals surface area contributed by atoms with Crippen LogP contribution in [0.1, 0.15) is 0 Å². The molecule has 2 aliphatic rings. The minimum absolute atomic E-state index is 0.0390. The van der Waals surface area contributed by atoms with Crippen molar-refractivity contribution in [3.8, 4) is 0 Å². The Balaban J connectivity index is 1.62. The molecule has 8 nitrogen and oxygen atoms in total. The number of sulfonamides is 1. The summed E-state index contributed by atoms with van der Waals surface area (Å²) in [6, 6.07) is 2.29. The standard InChI is InChI=1S/C15H17F2N3O5S/c16-11-1-2-12(17)13(9-11)26(23,24)19-5-3-18(4-6-19)10-14(21)20-7-8-25-15(20)22/h1-2,9H,3-8,10H2/p+1. The van der Waals surface area contributed by atoms with Gasteiger partial charge in [-0.05, 0) is 18.2 Å². The van der Waals surface area contributed by atoms with Crippen LogP contribution in [0, 0.1) is 11.6 Å². The predicted molar refractivity (Wildman–Crippen MR) is 83.7 cm³/mol. The van der Waals surface area contributed by atoms with Gasteiger partial charge in [0.1, 0.15) is 23.1 Å². The first-order valence-electron chi connectivity index (χ1n) is 8.05. The van der Waals surface area contributed by atoms with E-state index in [9.17, 15) is 26.8 Å². The van der Waals surface area contributed by atoms with Crippen molar-refractivity contribution in [1.82, 2.24) is 9.21 Å². The number of cyclic esters (lactones) is 1. The second-order valence-corrected chi connectivity index (χ2v) is 7.97. The van der Waals surface area contributed by atoms with E-state index >= 15 is 0 Å². The highest BCUT2D eigenvalue weighted by Crippen LogP contribution is 2.20. The fourth-order valence-electron chi connectivity index (χ4n) is 2.96. The van der Waals surface area contributed by atoms with E-state index in [1.54, 1.807) is 0 Å². The van der Waals surface area contributed by atoms with E-state index in [1.807, 2.05) is 0 Å². The molecule has 142 valence electrons. The van der Waals surface area contributed by atoms with Crippen molar-refractivity contribution in [2.24, 2.45) is 0 Å². The van der Waals surface area contributed by atoms with Crippen molar-refractivity contribution in [1.29, 1.82) is 0 Å². The number of hydrogen-bond donors (Lipinski definition) is 1. The molecule has 1 aromatic rings. The van der Waals surface area contributed by atoms with Crippen molar-refractivity contribution in [3.63, 3.8) is 0 Å². The van der Waals surface area contributed by atoms with Gasteiger partial charge in [-0.25, -0.2) is 26.9 Å². The summed E-state index contributed by atoms with van der Waals surface area (Å²) in [6.07, 6.45) is -0.669. The van der Waals surface area contributed by atoms with E-state index in [2.05, 4.69) is 0 Å². The van der Waals surface area contributed by atoms with Crippen molar-refractivity contribution in [2.75, 3.05) is 45.9 Å². The Kier molecular flexibility index (Phi) is 5.21. The number of benzene rings is 1. The van der Waals surface area contributed by atoms with Crippen LogP contribution < -0.4 is 4.90 Å². The van der Waals surface area contributed by atoms with E-state index in [0.717, 1.165) is 26.2 Å². The van der Waals surface area contributed by atoms with Crippen LogP contribution in [0.4, 0.5) is 13.6 Å². The lowest BCUT2D eigenvalue weighted by Crippen LogP contribution is -3.15. The number of piperazine rings is 1. The summed E-state index contributed by atoms with van der Waals surface area (Å²) in [5.41, 5.74) is 0. The van der Waals surface area contributed by atoms with E-state index in [1.165, 1.54) is 0 Å². The van der Waals surface area contributed by atoms with Crippen molar-refractivity contribution < 1.29 is 36.4 Å². The third-order valence-electron chi connectivity index (χ3n) is 4.40. The Labute approximate surface area is 149 Å². The van der Waals surface area contributed by atoms with Gasteiger partial charge in [0.05, 0.1) is 32.7 Å². The molecule has 0 aliphatic carbocycles. The highest BCUT2D eigenvalue weighted by atomic mass is 32.2. The second-order valence-electron chi connectivity index (χ2n) is 6.07. The molecule has 0 aromatic heterocycles. The Hall–Kier alpha value is -2.11. The topological polar surface area (TPSA) is 88.4 Å². The number of nitrogens with one attached hydrogen (secondary N) is 1. The van der Waals surface area contributed by atoms with Crippen molar-refractivity contribution in [2.45, 2.75) is 4.90 Å². The first-order valence-corrected chi connectivity index (χ1v) is 9.49. The number of imide groups is 1. The quantitative estimate of drug-likeness (QED) is 0.700. The molecule has 2 saturated heterocycles. The average molecular weight is 390 g/mol. The minimum Gasteiger partial charge on any atom is -0.447 e. The minimum atomic E-state index is -4.16. The van der Waals surface area contributed by atoms with Crippen LogP contribution in [0.25, 0.3) is 0 Å². The number of ether oxygens (including phenoxy) is 1. The SMILES string of the molecule is O=C(C[NH+]1CCN(S(=O)(=O)c2cc(F)ccc2F)CC1)N1CCOC1=O. The number of amides is 2. The molecule has 3 rings (SSSR count). The third kappa shape index (κ3) is 3.69. The number of rotatable bonds is 4. The van der Waals surface area contributed by atoms with Gasteiger partial charge in [-0.15, -0.1) is 0 Å². The van der Waals surface area contributed by atoms with Crippen LogP contribution >= 0.6 is 0 Å². The fourth-order valence-corrected chi connectivity index (χ4v) is 4.48. The molecule has 0 spiro atoms. The van der Waals surface area contributed by atoms with Crippen molar-refractivity contribution >= 4 is 22.0 Å². The Bertz CT molecular complexity index is 825. The first-order chi connectivity index (χ1) is 12.3. The van der Waals surface area contributed by atoms with E-state index < -0.39 is 32.6 Å². The molecule has 1 N–H and O–H groups in total. The highest BCUT2D eigenvalue weighted by Gasteiger charge is 2.35. The van der Waals surface area contributed by atoms with Gasteiger partial charge in [0.15, 0.2) is 6.54 Å². The van der Waals surface area contributed by atoms with Gasteiger partial charge in [0.25, 0.3) is 5.91 Å². The molecule has 0 radical (unpaired) electrons. The van der Waals surface area contributed by atoms with Gasteiger partial charge in [0, 0.05) is 0 Å². The lowest BCUT2D eigenvalue weighted by atomic mass is 10.3. The highest BCUT2D eigenvalue weighted by molar-refractivity contribution is 7.89. The van der Waals surface area contributed by atoms with Gasteiger partial charge < -0.3 is 9.64 Å². The number of halogens is 2. The second kappa shape index (κ2) is 7.25. The van der Waals surface area contributed by atoms with Crippen LogP contribution in [-0.2, 0) is 19.6 Å². The van der Waals surface area contributed by atoms with Crippen LogP contribution in [0.15, 0.2) is 23.1 Å². The van der Waals surface area contributed by atoms with E-state index in [4.69, 9.17) is 4.74 Å². The van der Waals surface area contributed by atoms with Crippen molar-refractivity contribution in [3.05, 3.63) is 29.8 Å². The zero-order valence-electron chi connectivity index (χ0n) is 13.8. The van der Waals surface area contributed by atoms with Crippen LogP contribution in [-0.4, -0.2) is 75.5 Å². The fraction of sp³-hybridized carbons (Fsp3) is 0.467. The normalized spacial score (nSPS) is 19.6. The molecule has 0 bridgehead atoms. The summed E-state index contributed by atoms with van der Waals surface area (Å²) < 4.78 is 57.9. The molecule has 2 aliphatic heterocycles. The number of carbonyl (C=O) groups excluding carboxylic acids is 2. The largest absolute Gasteiger partial charge is 0.447 e. The molecule has 0 unspecified atom stereocenters. The summed E-state index contributed by atoms with van der Waals surface area (Å²) in [7, 11) is -4.16. The molecule has 2 fully saturated rings. The molecule has 2 heterocycles.